The lowest BCUT2D eigenvalue weighted by molar-refractivity contribution is -0.121. The second kappa shape index (κ2) is 11.8. The molecule has 3 rings (SSSR count). The Morgan fingerprint density at radius 2 is 2.07 bits per heavy atom. The lowest BCUT2D eigenvalue weighted by Gasteiger charge is -2.36. The predicted octanol–water partition coefficient (Wildman–Crippen LogP) is 2.95. The number of nitrogens with zero attached hydrogens (tertiary/aromatic N) is 2. The second-order valence-electron chi connectivity index (χ2n) is 6.80. The molecule has 2 aromatic rings. The van der Waals surface area contributed by atoms with Gasteiger partial charge in [0, 0.05) is 32.1 Å². The van der Waals surface area contributed by atoms with Crippen molar-refractivity contribution in [3.8, 4) is 11.5 Å². The van der Waals surface area contributed by atoms with E-state index >= 15 is 0 Å². The van der Waals surface area contributed by atoms with E-state index in [0.29, 0.717) is 48.8 Å². The Labute approximate surface area is 183 Å². The minimum absolute atomic E-state index is 0. The lowest BCUT2D eigenvalue weighted by Crippen LogP contribution is -2.49. The smallest absolute Gasteiger partial charge is 0.256 e. The molecule has 3 heterocycles. The van der Waals surface area contributed by atoms with Crippen LogP contribution in [-0.4, -0.2) is 47.4 Å². The molecule has 0 bridgehead atoms. The zero-order valence-corrected chi connectivity index (χ0v) is 18.1. The van der Waals surface area contributed by atoms with Crippen LogP contribution in [0.5, 0.6) is 0 Å². The van der Waals surface area contributed by atoms with Gasteiger partial charge >= 0.3 is 0 Å². The van der Waals surface area contributed by atoms with Crippen LogP contribution in [0.4, 0.5) is 0 Å². The molecule has 1 saturated heterocycles. The Balaban J connectivity index is 0.00000210. The summed E-state index contributed by atoms with van der Waals surface area (Å²) in [5.41, 5.74) is 7.38. The maximum Gasteiger partial charge on any atom is 0.256 e. The standard InChI is InChI=1S/C20H26N4O3.2ClH/c1-14-16(7-8-17(23-14)18-6-4-12-27-18)20(26)24-11-3-2-5-15(24)13-22-19(25)9-10-21;;/h4,6-8,12,15H,2-3,5,9-11,13,21H2,1H3,(H,22,25);2*1H. The fourth-order valence-electron chi connectivity index (χ4n) is 3.43. The van der Waals surface area contributed by atoms with Gasteiger partial charge in [0.05, 0.1) is 17.5 Å². The van der Waals surface area contributed by atoms with E-state index in [-0.39, 0.29) is 42.7 Å². The molecule has 2 aromatic heterocycles. The van der Waals surface area contributed by atoms with Crippen LogP contribution in [0.25, 0.3) is 11.5 Å². The topological polar surface area (TPSA) is 101 Å². The van der Waals surface area contributed by atoms with Crippen molar-refractivity contribution in [1.29, 1.82) is 0 Å². The third kappa shape index (κ3) is 6.19. The molecule has 0 aliphatic carbocycles. The van der Waals surface area contributed by atoms with E-state index in [9.17, 15) is 9.59 Å². The van der Waals surface area contributed by atoms with Gasteiger partial charge < -0.3 is 20.4 Å². The third-order valence-electron chi connectivity index (χ3n) is 4.88. The quantitative estimate of drug-likeness (QED) is 0.715. The Morgan fingerprint density at radius 3 is 2.72 bits per heavy atom. The van der Waals surface area contributed by atoms with Crippen LogP contribution in [0.2, 0.25) is 0 Å². The summed E-state index contributed by atoms with van der Waals surface area (Å²) >= 11 is 0. The molecule has 9 heteroatoms. The molecule has 1 unspecified atom stereocenters. The summed E-state index contributed by atoms with van der Waals surface area (Å²) in [4.78, 5) is 31.2. The summed E-state index contributed by atoms with van der Waals surface area (Å²) in [7, 11) is 0. The van der Waals surface area contributed by atoms with Crippen molar-refractivity contribution < 1.29 is 14.0 Å². The number of hydrogen-bond donors (Lipinski definition) is 2. The van der Waals surface area contributed by atoms with E-state index in [2.05, 4.69) is 10.3 Å². The molecule has 2 amide bonds. The molecule has 0 radical (unpaired) electrons. The van der Waals surface area contributed by atoms with E-state index in [1.807, 2.05) is 24.0 Å². The molecule has 0 aromatic carbocycles. The summed E-state index contributed by atoms with van der Waals surface area (Å²) in [6.45, 7) is 3.31. The number of nitrogens with two attached hydrogens (primary N) is 1. The van der Waals surface area contributed by atoms with Crippen LogP contribution in [-0.2, 0) is 4.79 Å². The van der Waals surface area contributed by atoms with Crippen molar-refractivity contribution in [3.05, 3.63) is 41.8 Å². The molecule has 29 heavy (non-hydrogen) atoms. The van der Waals surface area contributed by atoms with Gasteiger partial charge in [-0.15, -0.1) is 24.8 Å². The monoisotopic (exact) mass is 442 g/mol. The van der Waals surface area contributed by atoms with Gasteiger partial charge in [-0.05, 0) is 50.5 Å². The first-order chi connectivity index (χ1) is 13.1. The van der Waals surface area contributed by atoms with E-state index in [4.69, 9.17) is 10.2 Å². The molecular formula is C20H28Cl2N4O3. The molecule has 160 valence electrons. The number of likely N-dealkylation sites (tertiary alicyclic amines) is 1. The number of hydrogen-bond acceptors (Lipinski definition) is 5. The third-order valence-corrected chi connectivity index (χ3v) is 4.88. The average molecular weight is 443 g/mol. The van der Waals surface area contributed by atoms with Gasteiger partial charge in [0.25, 0.3) is 5.91 Å². The van der Waals surface area contributed by atoms with Gasteiger partial charge in [-0.2, -0.15) is 0 Å². The molecule has 0 spiro atoms. The maximum absolute atomic E-state index is 13.1. The largest absolute Gasteiger partial charge is 0.463 e. The zero-order chi connectivity index (χ0) is 19.2. The highest BCUT2D eigenvalue weighted by atomic mass is 35.5. The summed E-state index contributed by atoms with van der Waals surface area (Å²) < 4.78 is 5.38. The first kappa shape index (κ1) is 24.9. The number of halogens is 2. The Kier molecular flexibility index (Phi) is 10.2. The lowest BCUT2D eigenvalue weighted by atomic mass is 10.00. The van der Waals surface area contributed by atoms with Gasteiger partial charge in [0.2, 0.25) is 5.91 Å². The average Bonchev–Trinajstić information content (AvgIpc) is 3.21. The predicted molar refractivity (Wildman–Crippen MR) is 117 cm³/mol. The molecule has 0 saturated carbocycles. The van der Waals surface area contributed by atoms with Crippen LogP contribution in [0.1, 0.15) is 41.7 Å². The molecule has 1 aliphatic rings. The number of carbonyl (C=O) groups is 2. The molecule has 1 atom stereocenters. The van der Waals surface area contributed by atoms with Crippen molar-refractivity contribution in [2.75, 3.05) is 19.6 Å². The van der Waals surface area contributed by atoms with Gasteiger partial charge in [0.15, 0.2) is 5.76 Å². The van der Waals surface area contributed by atoms with E-state index in [1.54, 1.807) is 18.4 Å². The van der Waals surface area contributed by atoms with Crippen LogP contribution < -0.4 is 11.1 Å². The van der Waals surface area contributed by atoms with E-state index in [0.717, 1.165) is 19.3 Å². The molecule has 3 N–H and O–H groups in total. The van der Waals surface area contributed by atoms with Crippen LogP contribution in [0, 0.1) is 6.92 Å². The number of aromatic nitrogens is 1. The highest BCUT2D eigenvalue weighted by Crippen LogP contribution is 2.23. The van der Waals surface area contributed by atoms with Crippen molar-refractivity contribution >= 4 is 36.6 Å². The molecule has 1 aliphatic heterocycles. The Morgan fingerprint density at radius 1 is 1.28 bits per heavy atom. The Hall–Kier alpha value is -2.09. The fourth-order valence-corrected chi connectivity index (χ4v) is 3.43. The minimum atomic E-state index is -0.0730. The number of amides is 2. The highest BCUT2D eigenvalue weighted by Gasteiger charge is 2.29. The number of piperidine rings is 1. The number of aryl methyl sites for hydroxylation is 1. The van der Waals surface area contributed by atoms with Crippen molar-refractivity contribution in [1.82, 2.24) is 15.2 Å². The van der Waals surface area contributed by atoms with Crippen molar-refractivity contribution in [2.24, 2.45) is 5.73 Å². The number of pyridine rings is 1. The minimum Gasteiger partial charge on any atom is -0.463 e. The first-order valence-corrected chi connectivity index (χ1v) is 9.39. The van der Waals surface area contributed by atoms with Crippen LogP contribution in [0.15, 0.2) is 34.9 Å². The van der Waals surface area contributed by atoms with Gasteiger partial charge in [-0.1, -0.05) is 0 Å². The zero-order valence-electron chi connectivity index (χ0n) is 16.4. The summed E-state index contributed by atoms with van der Waals surface area (Å²) in [6, 6.07) is 7.26. The number of carbonyl (C=O) groups excluding carboxylic acids is 2. The van der Waals surface area contributed by atoms with Crippen molar-refractivity contribution in [3.63, 3.8) is 0 Å². The molecule has 1 fully saturated rings. The summed E-state index contributed by atoms with van der Waals surface area (Å²) in [5, 5.41) is 2.89. The number of furan rings is 1. The van der Waals surface area contributed by atoms with E-state index < -0.39 is 0 Å². The van der Waals surface area contributed by atoms with E-state index in [1.165, 1.54) is 0 Å². The van der Waals surface area contributed by atoms with Gasteiger partial charge in [-0.25, -0.2) is 4.98 Å². The summed E-state index contributed by atoms with van der Waals surface area (Å²) in [6.07, 6.45) is 4.80. The first-order valence-electron chi connectivity index (χ1n) is 9.39. The van der Waals surface area contributed by atoms with Gasteiger partial charge in [-0.3, -0.25) is 9.59 Å². The summed E-state index contributed by atoms with van der Waals surface area (Å²) in [5.74, 6) is 0.565. The maximum atomic E-state index is 13.1. The number of rotatable bonds is 6. The second-order valence-corrected chi connectivity index (χ2v) is 6.80. The molecule has 7 nitrogen and oxygen atoms in total. The molecular weight excluding hydrogens is 415 g/mol. The van der Waals surface area contributed by atoms with Crippen LogP contribution >= 0.6 is 24.8 Å². The van der Waals surface area contributed by atoms with Crippen LogP contribution in [0.3, 0.4) is 0 Å². The highest BCUT2D eigenvalue weighted by molar-refractivity contribution is 5.95. The fraction of sp³-hybridized carbons (Fsp3) is 0.450. The normalized spacial score (nSPS) is 15.8. The SMILES string of the molecule is Cc1nc(-c2ccco2)ccc1C(=O)N1CCCCC1CNC(=O)CCN.Cl.Cl. The van der Waals surface area contributed by atoms with Gasteiger partial charge in [0.1, 0.15) is 5.69 Å². The van der Waals surface area contributed by atoms with Crippen molar-refractivity contribution in [2.45, 2.75) is 38.6 Å². The Bertz CT molecular complexity index is 799. The number of nitrogens with one attached hydrogen (secondary N) is 1.